The number of alkyl halides is 3. The van der Waals surface area contributed by atoms with Gasteiger partial charge in [-0.05, 0) is 36.4 Å². The van der Waals surface area contributed by atoms with Gasteiger partial charge in [-0.15, -0.1) is 0 Å². The molecule has 0 spiro atoms. The predicted octanol–water partition coefficient (Wildman–Crippen LogP) is 3.63. The number of anilines is 2. The van der Waals surface area contributed by atoms with Crippen molar-refractivity contribution in [2.24, 2.45) is 0 Å². The molecule has 0 bridgehead atoms. The molecule has 3 rings (SSSR count). The Morgan fingerprint density at radius 2 is 1.65 bits per heavy atom. The van der Waals surface area contributed by atoms with Gasteiger partial charge in [0.15, 0.2) is 0 Å². The molecule has 11 nitrogen and oxygen atoms in total. The van der Waals surface area contributed by atoms with E-state index in [1.54, 1.807) is 0 Å². The topological polar surface area (TPSA) is 137 Å². The van der Waals surface area contributed by atoms with Crippen LogP contribution in [-0.2, 0) is 11.0 Å². The summed E-state index contributed by atoms with van der Waals surface area (Å²) in [5, 5.41) is 4.58. The van der Waals surface area contributed by atoms with Gasteiger partial charge in [-0.25, -0.2) is 15.3 Å². The molecule has 0 aliphatic rings. The predicted molar refractivity (Wildman–Crippen MR) is 111 cm³/mol. The van der Waals surface area contributed by atoms with Gasteiger partial charge in [0, 0.05) is 11.8 Å². The fraction of sp³-hybridized carbons (Fsp3) is 0.150. The summed E-state index contributed by atoms with van der Waals surface area (Å²) in [5.74, 6) is -0.545. The number of hydroxylamine groups is 1. The molecule has 3 amide bonds. The van der Waals surface area contributed by atoms with Crippen molar-refractivity contribution in [3.63, 3.8) is 0 Å². The van der Waals surface area contributed by atoms with Crippen LogP contribution in [0.3, 0.4) is 0 Å². The third-order valence-corrected chi connectivity index (χ3v) is 4.05. The first-order valence-corrected chi connectivity index (χ1v) is 9.33. The third-order valence-electron chi connectivity index (χ3n) is 4.05. The van der Waals surface area contributed by atoms with Gasteiger partial charge in [-0.2, -0.15) is 23.1 Å². The van der Waals surface area contributed by atoms with E-state index in [1.807, 2.05) is 0 Å². The monoisotopic (exact) mass is 478 g/mol. The lowest BCUT2D eigenvalue weighted by molar-refractivity contribution is -0.136. The Balaban J connectivity index is 1.66. The van der Waals surface area contributed by atoms with Crippen molar-refractivity contribution in [1.29, 1.82) is 0 Å². The van der Waals surface area contributed by atoms with Crippen LogP contribution >= 0.6 is 0 Å². The van der Waals surface area contributed by atoms with Crippen molar-refractivity contribution in [2.75, 3.05) is 24.9 Å². The molecule has 0 saturated carbocycles. The van der Waals surface area contributed by atoms with E-state index >= 15 is 0 Å². The smallest absolute Gasteiger partial charge is 0.418 e. The molecule has 0 saturated heterocycles. The molecule has 0 radical (unpaired) electrons. The SMILES string of the molecule is CONC(=O)c1ncnc(Oc2ccc(NC(=O)Nc3cc(OC)ccc3C(F)(F)F)cc2)n1. The highest BCUT2D eigenvalue weighted by atomic mass is 19.4. The molecule has 178 valence electrons. The first-order chi connectivity index (χ1) is 16.2. The maximum atomic E-state index is 13.2. The number of nitrogens with one attached hydrogen (secondary N) is 3. The molecule has 0 fully saturated rings. The van der Waals surface area contributed by atoms with Crippen LogP contribution in [-0.4, -0.2) is 41.1 Å². The summed E-state index contributed by atoms with van der Waals surface area (Å²) in [7, 11) is 2.54. The molecule has 0 unspecified atom stereocenters. The molecule has 1 aromatic heterocycles. The van der Waals surface area contributed by atoms with Crippen molar-refractivity contribution >= 4 is 23.3 Å². The average Bonchev–Trinajstić information content (AvgIpc) is 2.80. The molecular formula is C20H17F3N6O5. The Hall–Kier alpha value is -4.46. The van der Waals surface area contributed by atoms with E-state index in [0.717, 1.165) is 24.5 Å². The number of carbonyl (C=O) groups excluding carboxylic acids is 2. The molecule has 0 atom stereocenters. The van der Waals surface area contributed by atoms with Crippen molar-refractivity contribution in [3.05, 3.63) is 60.2 Å². The largest absolute Gasteiger partial charge is 0.497 e. The number of carbonyl (C=O) groups is 2. The molecular weight excluding hydrogens is 461 g/mol. The van der Waals surface area contributed by atoms with Crippen LogP contribution < -0.4 is 25.6 Å². The summed E-state index contributed by atoms with van der Waals surface area (Å²) in [6.45, 7) is 0. The van der Waals surface area contributed by atoms with E-state index < -0.39 is 29.4 Å². The van der Waals surface area contributed by atoms with Crippen LogP contribution in [0, 0.1) is 0 Å². The molecule has 3 N–H and O–H groups in total. The molecule has 0 aliphatic heterocycles. The zero-order chi connectivity index (χ0) is 24.7. The van der Waals surface area contributed by atoms with Crippen molar-refractivity contribution < 1.29 is 37.1 Å². The number of ether oxygens (including phenoxy) is 2. The zero-order valence-electron chi connectivity index (χ0n) is 17.6. The lowest BCUT2D eigenvalue weighted by Crippen LogP contribution is -2.24. The zero-order valence-corrected chi connectivity index (χ0v) is 17.6. The van der Waals surface area contributed by atoms with Gasteiger partial charge in [-0.3, -0.25) is 9.63 Å². The third kappa shape index (κ3) is 6.29. The van der Waals surface area contributed by atoms with Crippen LogP contribution in [0.1, 0.15) is 16.2 Å². The van der Waals surface area contributed by atoms with E-state index in [-0.39, 0.29) is 29.0 Å². The van der Waals surface area contributed by atoms with E-state index in [0.29, 0.717) is 0 Å². The molecule has 3 aromatic rings. The highest BCUT2D eigenvalue weighted by Gasteiger charge is 2.34. The van der Waals surface area contributed by atoms with Gasteiger partial charge >= 0.3 is 24.1 Å². The number of aromatic nitrogens is 3. The van der Waals surface area contributed by atoms with E-state index in [4.69, 9.17) is 9.47 Å². The quantitative estimate of drug-likeness (QED) is 0.438. The minimum atomic E-state index is -4.67. The van der Waals surface area contributed by atoms with Crippen molar-refractivity contribution in [1.82, 2.24) is 20.4 Å². The first kappa shape index (κ1) is 24.2. The second-order valence-electron chi connectivity index (χ2n) is 6.34. The summed E-state index contributed by atoms with van der Waals surface area (Å²) >= 11 is 0. The summed E-state index contributed by atoms with van der Waals surface area (Å²) in [6.07, 6.45) is -3.60. The van der Waals surface area contributed by atoms with Crippen molar-refractivity contribution in [2.45, 2.75) is 6.18 Å². The maximum Gasteiger partial charge on any atom is 0.418 e. The Bertz CT molecular complexity index is 1170. The molecule has 14 heteroatoms. The number of hydrogen-bond donors (Lipinski definition) is 3. The second kappa shape index (κ2) is 10.4. The number of hydrogen-bond acceptors (Lipinski definition) is 8. The highest BCUT2D eigenvalue weighted by molar-refractivity contribution is 6.00. The highest BCUT2D eigenvalue weighted by Crippen LogP contribution is 2.36. The lowest BCUT2D eigenvalue weighted by Gasteiger charge is -2.15. The Morgan fingerprint density at radius 1 is 0.941 bits per heavy atom. The fourth-order valence-corrected chi connectivity index (χ4v) is 2.58. The Labute approximate surface area is 190 Å². The summed E-state index contributed by atoms with van der Waals surface area (Å²) in [4.78, 5) is 39.7. The van der Waals surface area contributed by atoms with Gasteiger partial charge < -0.3 is 20.1 Å². The number of benzene rings is 2. The molecule has 0 aliphatic carbocycles. The van der Waals surface area contributed by atoms with Gasteiger partial charge in [0.1, 0.15) is 17.8 Å². The van der Waals surface area contributed by atoms with Crippen LogP contribution in [0.2, 0.25) is 0 Å². The lowest BCUT2D eigenvalue weighted by atomic mass is 10.1. The van der Waals surface area contributed by atoms with Crippen LogP contribution in [0.4, 0.5) is 29.3 Å². The molecule has 34 heavy (non-hydrogen) atoms. The van der Waals surface area contributed by atoms with Crippen LogP contribution in [0.25, 0.3) is 0 Å². The molecule has 2 aromatic carbocycles. The summed E-state index contributed by atoms with van der Waals surface area (Å²) in [6, 6.07) is 7.70. The Morgan fingerprint density at radius 3 is 2.29 bits per heavy atom. The van der Waals surface area contributed by atoms with E-state index in [9.17, 15) is 22.8 Å². The standard InChI is InChI=1S/C20H17F3N6O5/c1-32-13-7-8-14(20(21,22)23)15(9-13)27-18(31)26-11-3-5-12(6-4-11)34-19-25-10-24-16(28-19)17(30)29-33-2/h3-10H,1-2H3,(H,29,30)(H2,26,27,31). The number of nitrogens with zero attached hydrogens (tertiary/aromatic N) is 3. The van der Waals surface area contributed by atoms with Gasteiger partial charge in [0.25, 0.3) is 0 Å². The number of halogens is 3. The maximum absolute atomic E-state index is 13.2. The Kier molecular flexibility index (Phi) is 7.43. The summed E-state index contributed by atoms with van der Waals surface area (Å²) < 4.78 is 50.0. The van der Waals surface area contributed by atoms with Gasteiger partial charge in [-0.1, -0.05) is 0 Å². The first-order valence-electron chi connectivity index (χ1n) is 9.33. The van der Waals surface area contributed by atoms with Gasteiger partial charge in [0.05, 0.1) is 25.5 Å². The van der Waals surface area contributed by atoms with E-state index in [1.165, 1.54) is 38.5 Å². The van der Waals surface area contributed by atoms with Crippen LogP contribution in [0.15, 0.2) is 48.8 Å². The normalized spacial score (nSPS) is 10.9. The van der Waals surface area contributed by atoms with Crippen molar-refractivity contribution in [3.8, 4) is 17.5 Å². The minimum Gasteiger partial charge on any atom is -0.497 e. The fourth-order valence-electron chi connectivity index (χ4n) is 2.58. The second-order valence-corrected chi connectivity index (χ2v) is 6.34. The van der Waals surface area contributed by atoms with Crippen LogP contribution in [0.5, 0.6) is 17.5 Å². The van der Waals surface area contributed by atoms with E-state index in [2.05, 4.69) is 35.9 Å². The average molecular weight is 478 g/mol. The molecule has 1 heterocycles. The number of urea groups is 1. The number of amides is 3. The van der Waals surface area contributed by atoms with Gasteiger partial charge in [0.2, 0.25) is 5.82 Å². The summed E-state index contributed by atoms with van der Waals surface area (Å²) in [5.41, 5.74) is 0.822. The number of rotatable bonds is 7. The number of methoxy groups -OCH3 is 1. The minimum absolute atomic E-state index is 0.144.